The van der Waals surface area contributed by atoms with Crippen molar-refractivity contribution in [2.45, 2.75) is 12.8 Å². The molecule has 1 saturated heterocycles. The van der Waals surface area contributed by atoms with Gasteiger partial charge in [0, 0.05) is 26.7 Å². The summed E-state index contributed by atoms with van der Waals surface area (Å²) in [6.45, 7) is 1.37. The van der Waals surface area contributed by atoms with Gasteiger partial charge in [0.15, 0.2) is 0 Å². The van der Waals surface area contributed by atoms with Crippen LogP contribution in [0.2, 0.25) is 0 Å². The highest BCUT2D eigenvalue weighted by molar-refractivity contribution is 5.84. The zero-order valence-corrected chi connectivity index (χ0v) is 11.6. The number of carbonyl (C=O) groups is 3. The van der Waals surface area contributed by atoms with E-state index in [-0.39, 0.29) is 19.0 Å². The molecule has 0 aliphatic carbocycles. The Kier molecular flexibility index (Phi) is 6.78. The van der Waals surface area contributed by atoms with Crippen molar-refractivity contribution in [3.05, 3.63) is 0 Å². The van der Waals surface area contributed by atoms with Gasteiger partial charge in [-0.1, -0.05) is 0 Å². The van der Waals surface area contributed by atoms with Gasteiger partial charge in [-0.25, -0.2) is 4.79 Å². The number of carboxylic acid groups (broad SMARTS) is 1. The summed E-state index contributed by atoms with van der Waals surface area (Å²) in [5, 5.41) is 14.0. The minimum absolute atomic E-state index is 0.128. The van der Waals surface area contributed by atoms with E-state index in [2.05, 4.69) is 10.6 Å². The molecule has 1 aliphatic heterocycles. The highest BCUT2D eigenvalue weighted by Gasteiger charge is 2.28. The Hall–Kier alpha value is -1.83. The summed E-state index contributed by atoms with van der Waals surface area (Å²) in [5.41, 5.74) is 0. The summed E-state index contributed by atoms with van der Waals surface area (Å²) in [7, 11) is 1.53. The molecule has 8 nitrogen and oxygen atoms in total. The molecule has 1 rings (SSSR count). The third kappa shape index (κ3) is 5.43. The topological polar surface area (TPSA) is 108 Å². The number of carbonyl (C=O) groups excluding carboxylic acids is 2. The van der Waals surface area contributed by atoms with E-state index in [0.717, 1.165) is 0 Å². The molecule has 0 saturated carbocycles. The van der Waals surface area contributed by atoms with E-state index in [1.54, 1.807) is 0 Å². The van der Waals surface area contributed by atoms with Crippen LogP contribution in [-0.4, -0.2) is 67.8 Å². The van der Waals surface area contributed by atoms with Gasteiger partial charge in [-0.05, 0) is 12.8 Å². The van der Waals surface area contributed by atoms with Gasteiger partial charge in [-0.2, -0.15) is 0 Å². The number of rotatable bonds is 6. The fourth-order valence-corrected chi connectivity index (χ4v) is 1.99. The van der Waals surface area contributed by atoms with Gasteiger partial charge in [0.2, 0.25) is 5.91 Å². The van der Waals surface area contributed by atoms with Crippen molar-refractivity contribution in [3.63, 3.8) is 0 Å². The molecular weight excluding hydrogens is 266 g/mol. The molecule has 0 bridgehead atoms. The molecule has 0 radical (unpaired) electrons. The van der Waals surface area contributed by atoms with E-state index in [1.807, 2.05) is 0 Å². The normalized spacial score (nSPS) is 18.4. The Morgan fingerprint density at radius 3 is 2.75 bits per heavy atom. The first-order valence-electron chi connectivity index (χ1n) is 6.55. The highest BCUT2D eigenvalue weighted by Crippen LogP contribution is 2.16. The first-order chi connectivity index (χ1) is 9.54. The average Bonchev–Trinajstić information content (AvgIpc) is 2.45. The van der Waals surface area contributed by atoms with Crippen LogP contribution in [0.15, 0.2) is 0 Å². The molecule has 1 fully saturated rings. The van der Waals surface area contributed by atoms with Gasteiger partial charge >= 0.3 is 12.0 Å². The summed E-state index contributed by atoms with van der Waals surface area (Å²) in [6.07, 6.45) is 1.24. The molecular formula is C12H21N3O5. The second kappa shape index (κ2) is 8.36. The molecule has 1 atom stereocenters. The standard InChI is InChI=1S/C12H21N3O5/c1-20-6-4-13-10(16)7-14-12(19)15-5-2-3-9(8-15)11(17)18/h9H,2-8H2,1H3,(H,13,16)(H,14,19)(H,17,18)/t9-/m0/s1. The number of amides is 3. The van der Waals surface area contributed by atoms with Crippen molar-refractivity contribution in [2.75, 3.05) is 39.9 Å². The Morgan fingerprint density at radius 2 is 2.10 bits per heavy atom. The number of aliphatic carboxylic acids is 1. The average molecular weight is 287 g/mol. The van der Waals surface area contributed by atoms with Gasteiger partial charge in [0.1, 0.15) is 0 Å². The van der Waals surface area contributed by atoms with E-state index in [9.17, 15) is 14.4 Å². The lowest BCUT2D eigenvalue weighted by Gasteiger charge is -2.30. The highest BCUT2D eigenvalue weighted by atomic mass is 16.5. The number of methoxy groups -OCH3 is 1. The van der Waals surface area contributed by atoms with Gasteiger partial charge in [-0.3, -0.25) is 9.59 Å². The number of piperidine rings is 1. The van der Waals surface area contributed by atoms with Crippen molar-refractivity contribution in [1.29, 1.82) is 0 Å². The predicted molar refractivity (Wildman–Crippen MR) is 70.2 cm³/mol. The molecule has 8 heteroatoms. The van der Waals surface area contributed by atoms with Crippen LogP contribution < -0.4 is 10.6 Å². The molecule has 0 unspecified atom stereocenters. The molecule has 1 heterocycles. The van der Waals surface area contributed by atoms with Gasteiger partial charge in [0.25, 0.3) is 0 Å². The number of nitrogens with zero attached hydrogens (tertiary/aromatic N) is 1. The van der Waals surface area contributed by atoms with E-state index < -0.39 is 17.9 Å². The smallest absolute Gasteiger partial charge is 0.317 e. The summed E-state index contributed by atoms with van der Waals surface area (Å²) in [6, 6.07) is -0.405. The quantitative estimate of drug-likeness (QED) is 0.557. The Labute approximate surface area is 117 Å². The summed E-state index contributed by atoms with van der Waals surface area (Å²) in [5.74, 6) is -1.72. The van der Waals surface area contributed by atoms with E-state index in [0.29, 0.717) is 32.5 Å². The number of hydrogen-bond donors (Lipinski definition) is 3. The Morgan fingerprint density at radius 1 is 1.35 bits per heavy atom. The van der Waals surface area contributed by atoms with Gasteiger partial charge in [-0.15, -0.1) is 0 Å². The molecule has 0 spiro atoms. The molecule has 3 amide bonds. The van der Waals surface area contributed by atoms with Crippen LogP contribution >= 0.6 is 0 Å². The van der Waals surface area contributed by atoms with Crippen LogP contribution in [0.4, 0.5) is 4.79 Å². The number of nitrogens with one attached hydrogen (secondary N) is 2. The van der Waals surface area contributed by atoms with E-state index in [4.69, 9.17) is 9.84 Å². The number of ether oxygens (including phenoxy) is 1. The number of carboxylic acids is 1. The Balaban J connectivity index is 2.28. The van der Waals surface area contributed by atoms with Crippen LogP contribution in [0.25, 0.3) is 0 Å². The number of urea groups is 1. The maximum absolute atomic E-state index is 11.8. The molecule has 0 aromatic carbocycles. The predicted octanol–water partition coefficient (Wildman–Crippen LogP) is -0.745. The molecule has 114 valence electrons. The minimum Gasteiger partial charge on any atom is -0.481 e. The second-order valence-electron chi connectivity index (χ2n) is 4.62. The first-order valence-corrected chi connectivity index (χ1v) is 6.55. The summed E-state index contributed by atoms with van der Waals surface area (Å²) < 4.78 is 4.78. The minimum atomic E-state index is -0.889. The summed E-state index contributed by atoms with van der Waals surface area (Å²) >= 11 is 0. The number of hydrogen-bond acceptors (Lipinski definition) is 4. The molecule has 1 aliphatic rings. The first kappa shape index (κ1) is 16.2. The van der Waals surface area contributed by atoms with E-state index in [1.165, 1.54) is 12.0 Å². The third-order valence-electron chi connectivity index (χ3n) is 3.09. The van der Waals surface area contributed by atoms with Crippen LogP contribution in [0.3, 0.4) is 0 Å². The number of likely N-dealkylation sites (tertiary alicyclic amines) is 1. The lowest BCUT2D eigenvalue weighted by molar-refractivity contribution is -0.143. The van der Waals surface area contributed by atoms with Crippen LogP contribution in [0, 0.1) is 5.92 Å². The second-order valence-corrected chi connectivity index (χ2v) is 4.62. The van der Waals surface area contributed by atoms with Crippen molar-refractivity contribution in [1.82, 2.24) is 15.5 Å². The van der Waals surface area contributed by atoms with Crippen molar-refractivity contribution >= 4 is 17.9 Å². The molecule has 0 aromatic heterocycles. The lowest BCUT2D eigenvalue weighted by Crippen LogP contribution is -2.49. The molecule has 3 N–H and O–H groups in total. The fourth-order valence-electron chi connectivity index (χ4n) is 1.99. The van der Waals surface area contributed by atoms with Crippen molar-refractivity contribution < 1.29 is 24.2 Å². The fraction of sp³-hybridized carbons (Fsp3) is 0.750. The van der Waals surface area contributed by atoms with Gasteiger partial charge < -0.3 is 25.4 Å². The van der Waals surface area contributed by atoms with Crippen LogP contribution in [0.1, 0.15) is 12.8 Å². The van der Waals surface area contributed by atoms with Gasteiger partial charge in [0.05, 0.1) is 19.1 Å². The Bertz CT molecular complexity index is 361. The summed E-state index contributed by atoms with van der Waals surface area (Å²) in [4.78, 5) is 35.5. The lowest BCUT2D eigenvalue weighted by atomic mass is 9.99. The maximum Gasteiger partial charge on any atom is 0.317 e. The van der Waals surface area contributed by atoms with Crippen LogP contribution in [0.5, 0.6) is 0 Å². The van der Waals surface area contributed by atoms with Crippen molar-refractivity contribution in [2.24, 2.45) is 5.92 Å². The zero-order valence-electron chi connectivity index (χ0n) is 11.6. The van der Waals surface area contributed by atoms with Crippen LogP contribution in [-0.2, 0) is 14.3 Å². The van der Waals surface area contributed by atoms with Crippen molar-refractivity contribution in [3.8, 4) is 0 Å². The molecule has 20 heavy (non-hydrogen) atoms. The maximum atomic E-state index is 11.8. The SMILES string of the molecule is COCCNC(=O)CNC(=O)N1CCC[C@H](C(=O)O)C1. The third-order valence-corrected chi connectivity index (χ3v) is 3.09. The monoisotopic (exact) mass is 287 g/mol. The largest absolute Gasteiger partial charge is 0.481 e. The molecule has 0 aromatic rings. The van der Waals surface area contributed by atoms with E-state index >= 15 is 0 Å². The zero-order chi connectivity index (χ0) is 15.0.